The number of hydrogen-bond acceptors (Lipinski definition) is 4. The van der Waals surface area contributed by atoms with Crippen LogP contribution in [-0.2, 0) is 0 Å². The predicted molar refractivity (Wildman–Crippen MR) is 90.2 cm³/mol. The summed E-state index contributed by atoms with van der Waals surface area (Å²) in [6.45, 7) is 0. The lowest BCUT2D eigenvalue weighted by Crippen LogP contribution is -1.93. The molecule has 0 unspecified atom stereocenters. The van der Waals surface area contributed by atoms with Crippen LogP contribution >= 0.6 is 22.9 Å². The minimum Gasteiger partial charge on any atom is -0.253 e. The largest absolute Gasteiger partial charge is 0.253 e. The van der Waals surface area contributed by atoms with Gasteiger partial charge in [0.25, 0.3) is 0 Å². The van der Waals surface area contributed by atoms with Crippen molar-refractivity contribution >= 4 is 34.3 Å². The van der Waals surface area contributed by atoms with E-state index in [9.17, 15) is 4.39 Å². The van der Waals surface area contributed by atoms with Crippen LogP contribution in [0.5, 0.6) is 0 Å². The van der Waals surface area contributed by atoms with Crippen LogP contribution in [0.2, 0.25) is 5.02 Å². The van der Waals surface area contributed by atoms with Crippen LogP contribution in [0.25, 0.3) is 11.3 Å². The van der Waals surface area contributed by atoms with Crippen molar-refractivity contribution in [2.24, 2.45) is 5.10 Å². The maximum atomic E-state index is 13.6. The highest BCUT2D eigenvalue weighted by atomic mass is 35.5. The van der Waals surface area contributed by atoms with Gasteiger partial charge in [-0.3, -0.25) is 5.43 Å². The maximum Gasteiger partial charge on any atom is 0.203 e. The molecule has 6 heteroatoms. The van der Waals surface area contributed by atoms with Gasteiger partial charge >= 0.3 is 0 Å². The van der Waals surface area contributed by atoms with Crippen molar-refractivity contribution in [3.63, 3.8) is 0 Å². The summed E-state index contributed by atoms with van der Waals surface area (Å²) >= 11 is 7.35. The van der Waals surface area contributed by atoms with Gasteiger partial charge < -0.3 is 0 Å². The molecule has 0 saturated heterocycles. The van der Waals surface area contributed by atoms with Gasteiger partial charge in [-0.1, -0.05) is 48.0 Å². The Balaban J connectivity index is 1.72. The number of aromatic nitrogens is 1. The van der Waals surface area contributed by atoms with Crippen LogP contribution in [0.1, 0.15) is 5.56 Å². The van der Waals surface area contributed by atoms with Gasteiger partial charge in [0.2, 0.25) is 5.13 Å². The first kappa shape index (κ1) is 14.7. The third-order valence-electron chi connectivity index (χ3n) is 2.93. The fourth-order valence-corrected chi connectivity index (χ4v) is 2.73. The fourth-order valence-electron chi connectivity index (χ4n) is 1.85. The molecule has 0 amide bonds. The predicted octanol–water partition coefficient (Wildman–Crippen LogP) is 5.05. The topological polar surface area (TPSA) is 37.3 Å². The molecule has 1 heterocycles. The van der Waals surface area contributed by atoms with Gasteiger partial charge in [-0.2, -0.15) is 5.10 Å². The number of halogens is 2. The van der Waals surface area contributed by atoms with Crippen LogP contribution in [0.15, 0.2) is 59.0 Å². The average molecular weight is 332 g/mol. The van der Waals surface area contributed by atoms with E-state index in [4.69, 9.17) is 11.6 Å². The summed E-state index contributed by atoms with van der Waals surface area (Å²) in [5, 5.41) is 6.86. The summed E-state index contributed by atoms with van der Waals surface area (Å²) in [4.78, 5) is 4.42. The standard InChI is InChI=1S/C16H11ClFN3S/c17-13-7-4-8-14(18)12(13)9-19-21-16-20-15(10-22-16)11-5-2-1-3-6-11/h1-10H,(H,20,21)/b19-9+. The molecule has 0 bridgehead atoms. The smallest absolute Gasteiger partial charge is 0.203 e. The summed E-state index contributed by atoms with van der Waals surface area (Å²) in [5.41, 5.74) is 4.94. The highest BCUT2D eigenvalue weighted by Gasteiger charge is 2.05. The van der Waals surface area contributed by atoms with E-state index in [1.165, 1.54) is 23.6 Å². The van der Waals surface area contributed by atoms with Gasteiger partial charge in [-0.25, -0.2) is 9.37 Å². The Bertz CT molecular complexity index is 782. The first-order valence-corrected chi connectivity index (χ1v) is 7.74. The van der Waals surface area contributed by atoms with Crippen molar-refractivity contribution in [2.45, 2.75) is 0 Å². The van der Waals surface area contributed by atoms with Crippen LogP contribution in [0.4, 0.5) is 9.52 Å². The lowest BCUT2D eigenvalue weighted by molar-refractivity contribution is 0.626. The maximum absolute atomic E-state index is 13.6. The second-order valence-electron chi connectivity index (χ2n) is 4.41. The van der Waals surface area contributed by atoms with E-state index in [1.807, 2.05) is 35.7 Å². The van der Waals surface area contributed by atoms with E-state index < -0.39 is 5.82 Å². The molecule has 0 spiro atoms. The Morgan fingerprint density at radius 3 is 2.73 bits per heavy atom. The molecule has 0 aliphatic rings. The average Bonchev–Trinajstić information content (AvgIpc) is 3.00. The Morgan fingerprint density at radius 2 is 1.95 bits per heavy atom. The number of anilines is 1. The molecule has 1 aromatic heterocycles. The third kappa shape index (κ3) is 3.32. The molecule has 0 saturated carbocycles. The van der Waals surface area contributed by atoms with Crippen molar-refractivity contribution in [1.82, 2.24) is 4.98 Å². The molecule has 2 aromatic carbocycles. The molecule has 22 heavy (non-hydrogen) atoms. The van der Waals surface area contributed by atoms with Gasteiger partial charge in [0.15, 0.2) is 0 Å². The highest BCUT2D eigenvalue weighted by molar-refractivity contribution is 7.14. The van der Waals surface area contributed by atoms with Gasteiger partial charge in [0.1, 0.15) is 5.82 Å². The minimum atomic E-state index is -0.415. The molecule has 1 N–H and O–H groups in total. The van der Waals surface area contributed by atoms with Crippen LogP contribution in [0, 0.1) is 5.82 Å². The molecule has 3 nitrogen and oxygen atoms in total. The van der Waals surface area contributed by atoms with E-state index in [-0.39, 0.29) is 5.56 Å². The third-order valence-corrected chi connectivity index (χ3v) is 4.00. The van der Waals surface area contributed by atoms with Crippen molar-refractivity contribution in [3.05, 3.63) is 70.3 Å². The van der Waals surface area contributed by atoms with Gasteiger partial charge in [-0.05, 0) is 12.1 Å². The second kappa shape index (κ2) is 6.68. The normalized spacial score (nSPS) is 11.0. The van der Waals surface area contributed by atoms with E-state index in [2.05, 4.69) is 15.5 Å². The van der Waals surface area contributed by atoms with Gasteiger partial charge in [0, 0.05) is 16.5 Å². The number of benzene rings is 2. The Morgan fingerprint density at radius 1 is 1.14 bits per heavy atom. The number of nitrogens with one attached hydrogen (secondary N) is 1. The van der Waals surface area contributed by atoms with Crippen molar-refractivity contribution in [2.75, 3.05) is 5.43 Å². The van der Waals surface area contributed by atoms with E-state index >= 15 is 0 Å². The van der Waals surface area contributed by atoms with Crippen LogP contribution < -0.4 is 5.43 Å². The molecule has 3 aromatic rings. The number of nitrogens with zero attached hydrogens (tertiary/aromatic N) is 2. The summed E-state index contributed by atoms with van der Waals surface area (Å²) in [6, 6.07) is 14.3. The summed E-state index contributed by atoms with van der Waals surface area (Å²) in [5.74, 6) is -0.415. The molecule has 0 aliphatic heterocycles. The summed E-state index contributed by atoms with van der Waals surface area (Å²) in [6.07, 6.45) is 1.35. The zero-order valence-electron chi connectivity index (χ0n) is 11.3. The van der Waals surface area contributed by atoms with Crippen molar-refractivity contribution < 1.29 is 4.39 Å². The molecular weight excluding hydrogens is 321 g/mol. The SMILES string of the molecule is Fc1cccc(Cl)c1/C=N/Nc1nc(-c2ccccc2)cs1. The van der Waals surface area contributed by atoms with Crippen LogP contribution in [-0.4, -0.2) is 11.2 Å². The molecule has 3 rings (SSSR count). The Hall–Kier alpha value is -2.24. The molecule has 0 radical (unpaired) electrons. The van der Waals surface area contributed by atoms with Crippen molar-refractivity contribution in [3.8, 4) is 11.3 Å². The number of hydrogen-bond donors (Lipinski definition) is 1. The minimum absolute atomic E-state index is 0.247. The number of thiazole rings is 1. The summed E-state index contributed by atoms with van der Waals surface area (Å²) < 4.78 is 13.6. The van der Waals surface area contributed by atoms with Gasteiger partial charge in [-0.15, -0.1) is 11.3 Å². The Labute approximate surface area is 136 Å². The lowest BCUT2D eigenvalue weighted by Gasteiger charge is -1.99. The number of rotatable bonds is 4. The quantitative estimate of drug-likeness (QED) is 0.536. The first-order chi connectivity index (χ1) is 10.7. The van der Waals surface area contributed by atoms with Gasteiger partial charge in [0.05, 0.1) is 16.9 Å². The first-order valence-electron chi connectivity index (χ1n) is 6.48. The van der Waals surface area contributed by atoms with E-state index in [1.54, 1.807) is 12.1 Å². The van der Waals surface area contributed by atoms with E-state index in [0.29, 0.717) is 10.2 Å². The molecule has 0 atom stereocenters. The lowest BCUT2D eigenvalue weighted by atomic mass is 10.2. The molecule has 0 aliphatic carbocycles. The second-order valence-corrected chi connectivity index (χ2v) is 5.67. The highest BCUT2D eigenvalue weighted by Crippen LogP contribution is 2.24. The van der Waals surface area contributed by atoms with Crippen LogP contribution in [0.3, 0.4) is 0 Å². The monoisotopic (exact) mass is 331 g/mol. The summed E-state index contributed by atoms with van der Waals surface area (Å²) in [7, 11) is 0. The zero-order valence-corrected chi connectivity index (χ0v) is 12.9. The van der Waals surface area contributed by atoms with E-state index in [0.717, 1.165) is 11.3 Å². The molecular formula is C16H11ClFN3S. The van der Waals surface area contributed by atoms with Crippen molar-refractivity contribution in [1.29, 1.82) is 0 Å². The Kier molecular flexibility index (Phi) is 4.46. The molecule has 110 valence electrons. The fraction of sp³-hybridized carbons (Fsp3) is 0. The molecule has 0 fully saturated rings. The zero-order chi connectivity index (χ0) is 15.4. The number of hydrazone groups is 1.